The summed E-state index contributed by atoms with van der Waals surface area (Å²) in [6, 6.07) is 16.6. The van der Waals surface area contributed by atoms with E-state index in [-0.39, 0.29) is 24.7 Å². The Kier molecular flexibility index (Phi) is 9.21. The van der Waals surface area contributed by atoms with Crippen LogP contribution in [0.5, 0.6) is 11.5 Å². The zero-order valence-electron chi connectivity index (χ0n) is 16.5. The molecule has 0 radical (unpaired) electrons. The van der Waals surface area contributed by atoms with Gasteiger partial charge in [-0.05, 0) is 49.2 Å². The van der Waals surface area contributed by atoms with Gasteiger partial charge in [0.05, 0.1) is 13.5 Å². The molecule has 0 aliphatic carbocycles. The third-order valence-corrected chi connectivity index (χ3v) is 4.05. The van der Waals surface area contributed by atoms with Crippen molar-refractivity contribution in [3.63, 3.8) is 0 Å². The van der Waals surface area contributed by atoms with E-state index in [4.69, 9.17) is 4.74 Å². The molecule has 2 aromatic carbocycles. The number of hydrogen-bond acceptors (Lipinski definition) is 5. The number of benzene rings is 2. The van der Waals surface area contributed by atoms with E-state index < -0.39 is 5.97 Å². The first-order chi connectivity index (χ1) is 14.1. The van der Waals surface area contributed by atoms with Gasteiger partial charge in [0, 0.05) is 25.1 Å². The second kappa shape index (κ2) is 12.2. The fourth-order valence-corrected chi connectivity index (χ4v) is 2.50. The summed E-state index contributed by atoms with van der Waals surface area (Å²) >= 11 is 0. The van der Waals surface area contributed by atoms with Crippen LogP contribution in [0.4, 0.5) is 5.69 Å². The van der Waals surface area contributed by atoms with E-state index in [1.165, 1.54) is 7.11 Å². The highest BCUT2D eigenvalue weighted by molar-refractivity contribution is 5.90. The lowest BCUT2D eigenvalue weighted by Gasteiger charge is -2.08. The summed E-state index contributed by atoms with van der Waals surface area (Å²) in [5.74, 6) is 0.756. The van der Waals surface area contributed by atoms with Crippen molar-refractivity contribution < 1.29 is 23.9 Å². The fourth-order valence-electron chi connectivity index (χ4n) is 2.50. The molecule has 29 heavy (non-hydrogen) atoms. The quantitative estimate of drug-likeness (QED) is 0.445. The number of hydrogen-bond donors (Lipinski definition) is 2. The Balaban J connectivity index is 1.60. The van der Waals surface area contributed by atoms with Crippen LogP contribution in [0.2, 0.25) is 0 Å². The van der Waals surface area contributed by atoms with Crippen LogP contribution in [0.15, 0.2) is 54.6 Å². The number of carbonyl (C=O) groups is 3. The van der Waals surface area contributed by atoms with E-state index in [0.29, 0.717) is 37.2 Å². The number of carbonyl (C=O) groups excluding carboxylic acids is 3. The van der Waals surface area contributed by atoms with Gasteiger partial charge in [-0.1, -0.05) is 18.2 Å². The molecule has 7 heteroatoms. The molecule has 2 amide bonds. The molecule has 0 atom stereocenters. The Morgan fingerprint density at radius 3 is 2.17 bits per heavy atom. The highest BCUT2D eigenvalue weighted by Gasteiger charge is 2.07. The first-order valence-electron chi connectivity index (χ1n) is 9.53. The van der Waals surface area contributed by atoms with E-state index in [1.807, 2.05) is 30.3 Å². The van der Waals surface area contributed by atoms with Crippen LogP contribution in [-0.2, 0) is 19.1 Å². The second-order valence-corrected chi connectivity index (χ2v) is 6.37. The van der Waals surface area contributed by atoms with Crippen LogP contribution in [0.3, 0.4) is 0 Å². The third kappa shape index (κ3) is 8.92. The summed E-state index contributed by atoms with van der Waals surface area (Å²) in [7, 11) is 1.29. The van der Waals surface area contributed by atoms with Gasteiger partial charge in [0.1, 0.15) is 11.5 Å². The molecule has 0 aliphatic heterocycles. The number of ether oxygens (including phenoxy) is 2. The zero-order valence-corrected chi connectivity index (χ0v) is 16.5. The SMILES string of the molecule is COC(=O)CCC(=O)NCCCCC(=O)Nc1ccc(Oc2ccccc2)cc1. The highest BCUT2D eigenvalue weighted by Crippen LogP contribution is 2.22. The second-order valence-electron chi connectivity index (χ2n) is 6.37. The van der Waals surface area contributed by atoms with Gasteiger partial charge in [0.2, 0.25) is 11.8 Å². The number of anilines is 1. The first-order valence-corrected chi connectivity index (χ1v) is 9.53. The molecule has 0 spiro atoms. The van der Waals surface area contributed by atoms with Gasteiger partial charge in [0.25, 0.3) is 0 Å². The number of rotatable bonds is 11. The van der Waals surface area contributed by atoms with Crippen LogP contribution in [0.25, 0.3) is 0 Å². The Bertz CT molecular complexity index is 791. The van der Waals surface area contributed by atoms with Crippen molar-refractivity contribution in [3.8, 4) is 11.5 Å². The van der Waals surface area contributed by atoms with Crippen molar-refractivity contribution in [1.29, 1.82) is 0 Å². The summed E-state index contributed by atoms with van der Waals surface area (Å²) in [5.41, 5.74) is 0.700. The van der Waals surface area contributed by atoms with Crippen LogP contribution >= 0.6 is 0 Å². The largest absolute Gasteiger partial charge is 0.469 e. The summed E-state index contributed by atoms with van der Waals surface area (Å²) in [4.78, 5) is 34.5. The summed E-state index contributed by atoms with van der Waals surface area (Å²) in [6.07, 6.45) is 1.87. The zero-order chi connectivity index (χ0) is 20.9. The Morgan fingerprint density at radius 1 is 0.793 bits per heavy atom. The predicted molar refractivity (Wildman–Crippen MR) is 110 cm³/mol. The monoisotopic (exact) mass is 398 g/mol. The molecule has 0 aliphatic rings. The van der Waals surface area contributed by atoms with Crippen LogP contribution in [0.1, 0.15) is 32.1 Å². The van der Waals surface area contributed by atoms with E-state index in [2.05, 4.69) is 15.4 Å². The molecular weight excluding hydrogens is 372 g/mol. The van der Waals surface area contributed by atoms with Gasteiger partial charge >= 0.3 is 5.97 Å². The number of unbranched alkanes of at least 4 members (excludes halogenated alkanes) is 1. The molecule has 154 valence electrons. The minimum Gasteiger partial charge on any atom is -0.469 e. The van der Waals surface area contributed by atoms with Crippen molar-refractivity contribution in [3.05, 3.63) is 54.6 Å². The standard InChI is InChI=1S/C22H26N2O5/c1-28-22(27)15-14-20(25)23-16-6-5-9-21(26)24-17-10-12-19(13-11-17)29-18-7-3-2-4-8-18/h2-4,7-8,10-13H,5-6,9,14-16H2,1H3,(H,23,25)(H,24,26). The van der Waals surface area contributed by atoms with Gasteiger partial charge in [-0.15, -0.1) is 0 Å². The average Bonchev–Trinajstić information content (AvgIpc) is 2.74. The minimum atomic E-state index is -0.406. The minimum absolute atomic E-state index is 0.0694. The number of methoxy groups -OCH3 is 1. The fraction of sp³-hybridized carbons (Fsp3) is 0.318. The normalized spacial score (nSPS) is 10.1. The van der Waals surface area contributed by atoms with Crippen molar-refractivity contribution >= 4 is 23.5 Å². The Labute approximate surface area is 170 Å². The molecule has 0 bridgehead atoms. The maximum absolute atomic E-state index is 12.0. The molecular formula is C22H26N2O5. The Hall–Kier alpha value is -3.35. The van der Waals surface area contributed by atoms with E-state index in [1.54, 1.807) is 24.3 Å². The van der Waals surface area contributed by atoms with Gasteiger partial charge in [-0.3, -0.25) is 14.4 Å². The molecule has 0 fully saturated rings. The van der Waals surface area contributed by atoms with E-state index in [9.17, 15) is 14.4 Å². The number of nitrogens with one attached hydrogen (secondary N) is 2. The van der Waals surface area contributed by atoms with Gasteiger partial charge in [-0.2, -0.15) is 0 Å². The molecule has 2 N–H and O–H groups in total. The summed E-state index contributed by atoms with van der Waals surface area (Å²) in [6.45, 7) is 0.471. The van der Waals surface area contributed by atoms with Crippen molar-refractivity contribution in [2.75, 3.05) is 19.0 Å². The first kappa shape index (κ1) is 21.9. The van der Waals surface area contributed by atoms with Crippen molar-refractivity contribution in [1.82, 2.24) is 5.32 Å². The van der Waals surface area contributed by atoms with E-state index >= 15 is 0 Å². The number of amides is 2. The van der Waals surface area contributed by atoms with Crippen molar-refractivity contribution in [2.24, 2.45) is 0 Å². The van der Waals surface area contributed by atoms with E-state index in [0.717, 1.165) is 5.75 Å². The van der Waals surface area contributed by atoms with Crippen molar-refractivity contribution in [2.45, 2.75) is 32.1 Å². The molecule has 2 rings (SSSR count). The summed E-state index contributed by atoms with van der Waals surface area (Å²) < 4.78 is 10.2. The number of para-hydroxylation sites is 1. The van der Waals surface area contributed by atoms with Crippen LogP contribution in [-0.4, -0.2) is 31.4 Å². The van der Waals surface area contributed by atoms with Gasteiger partial charge in [-0.25, -0.2) is 0 Å². The highest BCUT2D eigenvalue weighted by atomic mass is 16.5. The molecule has 0 aromatic heterocycles. The maximum atomic E-state index is 12.0. The lowest BCUT2D eigenvalue weighted by Crippen LogP contribution is -2.25. The molecule has 2 aromatic rings. The molecule has 0 saturated heterocycles. The predicted octanol–water partition coefficient (Wildman–Crippen LogP) is 3.66. The van der Waals surface area contributed by atoms with Crippen LogP contribution in [0, 0.1) is 0 Å². The van der Waals surface area contributed by atoms with Gasteiger partial charge in [0.15, 0.2) is 0 Å². The molecule has 0 unspecified atom stereocenters. The smallest absolute Gasteiger partial charge is 0.306 e. The topological polar surface area (TPSA) is 93.7 Å². The lowest BCUT2D eigenvalue weighted by atomic mass is 10.2. The number of esters is 1. The third-order valence-electron chi connectivity index (χ3n) is 4.05. The molecule has 0 saturated carbocycles. The van der Waals surface area contributed by atoms with Crippen LogP contribution < -0.4 is 15.4 Å². The molecule has 0 heterocycles. The maximum Gasteiger partial charge on any atom is 0.306 e. The lowest BCUT2D eigenvalue weighted by molar-refractivity contribution is -0.142. The molecule has 7 nitrogen and oxygen atoms in total. The summed E-state index contributed by atoms with van der Waals surface area (Å²) in [5, 5.41) is 5.56. The van der Waals surface area contributed by atoms with Gasteiger partial charge < -0.3 is 20.1 Å². The average molecular weight is 398 g/mol. The Morgan fingerprint density at radius 2 is 1.48 bits per heavy atom.